The normalized spacial score (nSPS) is 12.5. The van der Waals surface area contributed by atoms with Crippen LogP contribution in [0.5, 0.6) is 0 Å². The standard InChI is InChI=1S/C21H22N6O2S/c1-14-3-9-18(10-4-14)26-11-12-27-20(26)24-25-21(27)30-13-19(29)23-17-7-5-16(6-8-17)22-15(2)28/h3-10H,11-13H2,1-2H3,(H,22,28)(H,23,29). The summed E-state index contributed by atoms with van der Waals surface area (Å²) in [5.74, 6) is 0.772. The van der Waals surface area contributed by atoms with Crippen LogP contribution < -0.4 is 15.5 Å². The molecule has 3 aromatic rings. The van der Waals surface area contributed by atoms with Crippen molar-refractivity contribution in [3.8, 4) is 0 Å². The Balaban J connectivity index is 1.35. The van der Waals surface area contributed by atoms with E-state index in [9.17, 15) is 9.59 Å². The third-order valence-corrected chi connectivity index (χ3v) is 5.62. The third-order valence-electron chi connectivity index (χ3n) is 4.65. The molecular weight excluding hydrogens is 400 g/mol. The van der Waals surface area contributed by atoms with Gasteiger partial charge in [0.25, 0.3) is 0 Å². The van der Waals surface area contributed by atoms with Crippen LogP contribution in [0.15, 0.2) is 53.7 Å². The summed E-state index contributed by atoms with van der Waals surface area (Å²) in [7, 11) is 0. The number of carbonyl (C=O) groups is 2. The van der Waals surface area contributed by atoms with Gasteiger partial charge in [0.2, 0.25) is 17.8 Å². The average molecular weight is 423 g/mol. The molecule has 0 aliphatic carbocycles. The van der Waals surface area contributed by atoms with E-state index in [2.05, 4.69) is 56.9 Å². The Morgan fingerprint density at radius 3 is 2.30 bits per heavy atom. The molecule has 1 aliphatic heterocycles. The minimum Gasteiger partial charge on any atom is -0.326 e. The third kappa shape index (κ3) is 4.46. The van der Waals surface area contributed by atoms with Crippen molar-refractivity contribution in [2.45, 2.75) is 25.5 Å². The summed E-state index contributed by atoms with van der Waals surface area (Å²) >= 11 is 1.36. The molecule has 154 valence electrons. The zero-order valence-corrected chi connectivity index (χ0v) is 17.6. The Bertz CT molecular complexity index is 1060. The number of aryl methyl sites for hydroxylation is 1. The predicted molar refractivity (Wildman–Crippen MR) is 118 cm³/mol. The van der Waals surface area contributed by atoms with Crippen molar-refractivity contribution in [2.24, 2.45) is 0 Å². The Kier molecular flexibility index (Phi) is 5.71. The molecule has 0 saturated heterocycles. The van der Waals surface area contributed by atoms with Gasteiger partial charge in [0, 0.05) is 37.1 Å². The molecule has 8 nitrogen and oxygen atoms in total. The molecule has 2 amide bonds. The zero-order valence-electron chi connectivity index (χ0n) is 16.8. The summed E-state index contributed by atoms with van der Waals surface area (Å²) in [6.45, 7) is 5.13. The molecule has 0 radical (unpaired) electrons. The van der Waals surface area contributed by atoms with Crippen LogP contribution in [0.4, 0.5) is 23.0 Å². The number of hydrogen-bond donors (Lipinski definition) is 2. The summed E-state index contributed by atoms with van der Waals surface area (Å²) in [6.07, 6.45) is 0. The quantitative estimate of drug-likeness (QED) is 0.592. The highest BCUT2D eigenvalue weighted by molar-refractivity contribution is 7.99. The van der Waals surface area contributed by atoms with Crippen LogP contribution >= 0.6 is 11.8 Å². The van der Waals surface area contributed by atoms with E-state index in [1.165, 1.54) is 24.2 Å². The Morgan fingerprint density at radius 2 is 1.63 bits per heavy atom. The molecule has 0 saturated carbocycles. The van der Waals surface area contributed by atoms with Crippen LogP contribution in [0.2, 0.25) is 0 Å². The lowest BCUT2D eigenvalue weighted by molar-refractivity contribution is -0.114. The molecule has 30 heavy (non-hydrogen) atoms. The Morgan fingerprint density at radius 1 is 0.967 bits per heavy atom. The topological polar surface area (TPSA) is 92.1 Å². The molecule has 4 rings (SSSR count). The lowest BCUT2D eigenvalue weighted by Gasteiger charge is -2.15. The van der Waals surface area contributed by atoms with Crippen LogP contribution in [-0.2, 0) is 16.1 Å². The molecule has 0 fully saturated rings. The second-order valence-electron chi connectivity index (χ2n) is 7.02. The maximum atomic E-state index is 12.3. The number of benzene rings is 2. The molecule has 9 heteroatoms. The van der Waals surface area contributed by atoms with Gasteiger partial charge >= 0.3 is 0 Å². The minimum atomic E-state index is -0.134. The van der Waals surface area contributed by atoms with Crippen molar-refractivity contribution in [1.82, 2.24) is 14.8 Å². The molecular formula is C21H22N6O2S. The SMILES string of the molecule is CC(=O)Nc1ccc(NC(=O)CSc2nnc3n2CCN3c2ccc(C)cc2)cc1. The van der Waals surface area contributed by atoms with E-state index in [1.54, 1.807) is 24.3 Å². The van der Waals surface area contributed by atoms with Gasteiger partial charge in [0.1, 0.15) is 0 Å². The van der Waals surface area contributed by atoms with Crippen LogP contribution in [0, 0.1) is 6.92 Å². The highest BCUT2D eigenvalue weighted by Crippen LogP contribution is 2.32. The monoisotopic (exact) mass is 422 g/mol. The molecule has 2 heterocycles. The van der Waals surface area contributed by atoms with Crippen molar-refractivity contribution in [3.05, 3.63) is 54.1 Å². The second-order valence-corrected chi connectivity index (χ2v) is 7.96. The molecule has 0 bridgehead atoms. The number of fused-ring (bicyclic) bond motifs is 1. The predicted octanol–water partition coefficient (Wildman–Crippen LogP) is 3.43. The van der Waals surface area contributed by atoms with E-state index in [1.807, 2.05) is 4.57 Å². The maximum Gasteiger partial charge on any atom is 0.234 e. The number of thioether (sulfide) groups is 1. The van der Waals surface area contributed by atoms with E-state index >= 15 is 0 Å². The average Bonchev–Trinajstić information content (AvgIpc) is 3.31. The number of anilines is 4. The molecule has 0 spiro atoms. The Hall–Kier alpha value is -3.33. The fraction of sp³-hybridized carbons (Fsp3) is 0.238. The first kappa shape index (κ1) is 20.0. The molecule has 0 atom stereocenters. The van der Waals surface area contributed by atoms with Gasteiger partial charge in [-0.15, -0.1) is 10.2 Å². The fourth-order valence-corrected chi connectivity index (χ4v) is 3.98. The second kappa shape index (κ2) is 8.58. The van der Waals surface area contributed by atoms with E-state index < -0.39 is 0 Å². The van der Waals surface area contributed by atoms with Gasteiger partial charge < -0.3 is 15.5 Å². The minimum absolute atomic E-state index is 0.127. The van der Waals surface area contributed by atoms with E-state index in [0.717, 1.165) is 29.9 Å². The molecule has 2 aromatic carbocycles. The number of nitrogens with zero attached hydrogens (tertiary/aromatic N) is 4. The number of nitrogens with one attached hydrogen (secondary N) is 2. The van der Waals surface area contributed by atoms with Crippen molar-refractivity contribution < 1.29 is 9.59 Å². The number of amides is 2. The number of rotatable bonds is 6. The van der Waals surface area contributed by atoms with Crippen molar-refractivity contribution in [2.75, 3.05) is 27.8 Å². The largest absolute Gasteiger partial charge is 0.326 e. The summed E-state index contributed by atoms with van der Waals surface area (Å²) in [5.41, 5.74) is 3.66. The van der Waals surface area contributed by atoms with Crippen molar-refractivity contribution in [1.29, 1.82) is 0 Å². The highest BCUT2D eigenvalue weighted by atomic mass is 32.2. The van der Waals surface area contributed by atoms with Gasteiger partial charge in [-0.3, -0.25) is 14.2 Å². The fourth-order valence-electron chi connectivity index (χ4n) is 3.22. The first-order valence-electron chi connectivity index (χ1n) is 9.57. The van der Waals surface area contributed by atoms with E-state index in [4.69, 9.17) is 0 Å². The summed E-state index contributed by atoms with van der Waals surface area (Å²) in [4.78, 5) is 25.5. The van der Waals surface area contributed by atoms with E-state index in [-0.39, 0.29) is 17.6 Å². The lowest BCUT2D eigenvalue weighted by atomic mass is 10.2. The molecule has 1 aromatic heterocycles. The van der Waals surface area contributed by atoms with Crippen LogP contribution in [0.3, 0.4) is 0 Å². The number of hydrogen-bond acceptors (Lipinski definition) is 6. The highest BCUT2D eigenvalue weighted by Gasteiger charge is 2.26. The van der Waals surface area contributed by atoms with Crippen LogP contribution in [-0.4, -0.2) is 38.9 Å². The van der Waals surface area contributed by atoms with Gasteiger partial charge in [-0.2, -0.15) is 0 Å². The van der Waals surface area contributed by atoms with Gasteiger partial charge in [0.15, 0.2) is 5.16 Å². The number of carbonyl (C=O) groups excluding carboxylic acids is 2. The van der Waals surface area contributed by atoms with Gasteiger partial charge in [-0.1, -0.05) is 29.5 Å². The van der Waals surface area contributed by atoms with Crippen LogP contribution in [0.1, 0.15) is 12.5 Å². The first-order chi connectivity index (χ1) is 14.5. The van der Waals surface area contributed by atoms with Gasteiger partial charge in [0.05, 0.1) is 5.75 Å². The molecule has 1 aliphatic rings. The van der Waals surface area contributed by atoms with Gasteiger partial charge in [-0.05, 0) is 43.3 Å². The summed E-state index contributed by atoms with van der Waals surface area (Å²) < 4.78 is 2.04. The van der Waals surface area contributed by atoms with E-state index in [0.29, 0.717) is 11.4 Å². The first-order valence-corrected chi connectivity index (χ1v) is 10.6. The number of aromatic nitrogens is 3. The molecule has 0 unspecified atom stereocenters. The van der Waals surface area contributed by atoms with Gasteiger partial charge in [-0.25, -0.2) is 0 Å². The van der Waals surface area contributed by atoms with Crippen LogP contribution in [0.25, 0.3) is 0 Å². The zero-order chi connectivity index (χ0) is 21.1. The molecule has 2 N–H and O–H groups in total. The Labute approximate surface area is 178 Å². The lowest BCUT2D eigenvalue weighted by Crippen LogP contribution is -2.15. The summed E-state index contributed by atoms with van der Waals surface area (Å²) in [5, 5.41) is 14.9. The summed E-state index contributed by atoms with van der Waals surface area (Å²) in [6, 6.07) is 15.3. The maximum absolute atomic E-state index is 12.3. The van der Waals surface area contributed by atoms with Crippen molar-refractivity contribution >= 4 is 46.6 Å². The smallest absolute Gasteiger partial charge is 0.234 e. The van der Waals surface area contributed by atoms with Crippen molar-refractivity contribution in [3.63, 3.8) is 0 Å².